The Morgan fingerprint density at radius 1 is 1.52 bits per heavy atom. The van der Waals surface area contributed by atoms with Crippen molar-refractivity contribution < 1.29 is 19.4 Å². The number of nitrogens with one attached hydrogen (secondary N) is 1. The predicted molar refractivity (Wildman–Crippen MR) is 79.0 cm³/mol. The van der Waals surface area contributed by atoms with Gasteiger partial charge in [0.15, 0.2) is 0 Å². The number of rotatable bonds is 7. The molecule has 1 aromatic rings. The van der Waals surface area contributed by atoms with Crippen LogP contribution in [0.25, 0.3) is 0 Å². The number of aliphatic carboxylic acids is 1. The molecule has 2 rings (SSSR count). The van der Waals surface area contributed by atoms with Crippen LogP contribution in [0.1, 0.15) is 44.8 Å². The standard InChI is InChI=1S/C16H25NO4/c1-12(4-5-14-3-2-10-21-14)17-11-16(20)8-6-13(7-9-16)15(18)19/h2-3,10,12-13,17,20H,4-9,11H2,1H3,(H,18,19). The Kier molecular flexibility index (Phi) is 5.42. The molecule has 3 N–H and O–H groups in total. The Bertz CT molecular complexity index is 435. The van der Waals surface area contributed by atoms with Gasteiger partial charge in [0.2, 0.25) is 0 Å². The molecule has 1 aliphatic carbocycles. The lowest BCUT2D eigenvalue weighted by molar-refractivity contribution is -0.144. The van der Waals surface area contributed by atoms with Gasteiger partial charge in [-0.05, 0) is 51.2 Å². The zero-order valence-corrected chi connectivity index (χ0v) is 12.5. The fourth-order valence-electron chi connectivity index (χ4n) is 2.86. The first-order chi connectivity index (χ1) is 9.98. The minimum absolute atomic E-state index is 0.288. The molecule has 5 nitrogen and oxygen atoms in total. The molecule has 5 heteroatoms. The number of aliphatic hydroxyl groups is 1. The molecule has 1 heterocycles. The average molecular weight is 295 g/mol. The summed E-state index contributed by atoms with van der Waals surface area (Å²) in [4.78, 5) is 10.9. The lowest BCUT2D eigenvalue weighted by Crippen LogP contribution is -2.46. The van der Waals surface area contributed by atoms with Gasteiger partial charge in [0.05, 0.1) is 17.8 Å². The summed E-state index contributed by atoms with van der Waals surface area (Å²) in [5.74, 6) is -0.0530. The average Bonchev–Trinajstić information content (AvgIpc) is 2.97. The van der Waals surface area contributed by atoms with E-state index in [9.17, 15) is 9.90 Å². The largest absolute Gasteiger partial charge is 0.481 e. The summed E-state index contributed by atoms with van der Waals surface area (Å²) in [5, 5.41) is 22.8. The molecule has 0 radical (unpaired) electrons. The van der Waals surface area contributed by atoms with Gasteiger partial charge in [0.1, 0.15) is 5.76 Å². The van der Waals surface area contributed by atoms with Crippen molar-refractivity contribution in [3.05, 3.63) is 24.2 Å². The van der Waals surface area contributed by atoms with E-state index in [2.05, 4.69) is 12.2 Å². The number of aryl methyl sites for hydroxylation is 1. The fraction of sp³-hybridized carbons (Fsp3) is 0.688. The van der Waals surface area contributed by atoms with Gasteiger partial charge in [-0.3, -0.25) is 4.79 Å². The van der Waals surface area contributed by atoms with Crippen molar-refractivity contribution in [3.63, 3.8) is 0 Å². The van der Waals surface area contributed by atoms with Gasteiger partial charge >= 0.3 is 5.97 Å². The highest BCUT2D eigenvalue weighted by Crippen LogP contribution is 2.31. The maximum Gasteiger partial charge on any atom is 0.306 e. The van der Waals surface area contributed by atoms with Crippen LogP contribution in [0.5, 0.6) is 0 Å². The van der Waals surface area contributed by atoms with Crippen LogP contribution >= 0.6 is 0 Å². The highest BCUT2D eigenvalue weighted by molar-refractivity contribution is 5.70. The monoisotopic (exact) mass is 295 g/mol. The van der Waals surface area contributed by atoms with Crippen LogP contribution in [-0.4, -0.2) is 34.4 Å². The molecular formula is C16H25NO4. The zero-order chi connectivity index (χ0) is 15.3. The summed E-state index contributed by atoms with van der Waals surface area (Å²) in [5.41, 5.74) is -0.759. The van der Waals surface area contributed by atoms with Crippen LogP contribution in [0.2, 0.25) is 0 Å². The van der Waals surface area contributed by atoms with Gasteiger partial charge < -0.3 is 19.9 Å². The highest BCUT2D eigenvalue weighted by atomic mass is 16.4. The smallest absolute Gasteiger partial charge is 0.306 e. The van der Waals surface area contributed by atoms with E-state index in [1.165, 1.54) is 0 Å². The van der Waals surface area contributed by atoms with Crippen molar-refractivity contribution in [1.29, 1.82) is 0 Å². The number of furan rings is 1. The Labute approximate surface area is 125 Å². The van der Waals surface area contributed by atoms with Gasteiger partial charge in [0.25, 0.3) is 0 Å². The van der Waals surface area contributed by atoms with Crippen LogP contribution in [-0.2, 0) is 11.2 Å². The van der Waals surface area contributed by atoms with Gasteiger partial charge in [-0.1, -0.05) is 0 Å². The third kappa shape index (κ3) is 4.86. The van der Waals surface area contributed by atoms with Crippen molar-refractivity contribution in [2.45, 2.75) is 57.1 Å². The molecule has 1 saturated carbocycles. The summed E-state index contributed by atoms with van der Waals surface area (Å²) in [7, 11) is 0. The minimum Gasteiger partial charge on any atom is -0.481 e. The van der Waals surface area contributed by atoms with Crippen LogP contribution < -0.4 is 5.32 Å². The molecule has 21 heavy (non-hydrogen) atoms. The first-order valence-corrected chi connectivity index (χ1v) is 7.69. The summed E-state index contributed by atoms with van der Waals surface area (Å²) < 4.78 is 5.30. The maximum atomic E-state index is 10.9. The molecule has 0 saturated heterocycles. The van der Waals surface area contributed by atoms with Crippen LogP contribution in [0.15, 0.2) is 22.8 Å². The van der Waals surface area contributed by atoms with Crippen molar-refractivity contribution in [1.82, 2.24) is 5.32 Å². The quantitative estimate of drug-likeness (QED) is 0.718. The van der Waals surface area contributed by atoms with E-state index in [-0.39, 0.29) is 12.0 Å². The van der Waals surface area contributed by atoms with Crippen LogP contribution in [0, 0.1) is 5.92 Å². The molecule has 1 unspecified atom stereocenters. The molecule has 1 aliphatic rings. The molecular weight excluding hydrogens is 270 g/mol. The van der Waals surface area contributed by atoms with Crippen LogP contribution in [0.4, 0.5) is 0 Å². The van der Waals surface area contributed by atoms with Gasteiger partial charge in [-0.15, -0.1) is 0 Å². The van der Waals surface area contributed by atoms with E-state index < -0.39 is 11.6 Å². The number of hydrogen-bond donors (Lipinski definition) is 3. The molecule has 1 atom stereocenters. The van der Waals surface area contributed by atoms with E-state index in [1.54, 1.807) is 6.26 Å². The van der Waals surface area contributed by atoms with Crippen LogP contribution in [0.3, 0.4) is 0 Å². The molecule has 0 aliphatic heterocycles. The van der Waals surface area contributed by atoms with Crippen molar-refractivity contribution in [2.75, 3.05) is 6.54 Å². The second-order valence-corrected chi connectivity index (χ2v) is 6.24. The third-order valence-corrected chi connectivity index (χ3v) is 4.45. The van der Waals surface area contributed by atoms with E-state index in [4.69, 9.17) is 9.52 Å². The topological polar surface area (TPSA) is 82.7 Å². The van der Waals surface area contributed by atoms with E-state index >= 15 is 0 Å². The van der Waals surface area contributed by atoms with Crippen molar-refractivity contribution >= 4 is 5.97 Å². The summed E-state index contributed by atoms with van der Waals surface area (Å²) in [6, 6.07) is 4.14. The van der Waals surface area contributed by atoms with Gasteiger partial charge in [-0.2, -0.15) is 0 Å². The van der Waals surface area contributed by atoms with E-state index in [1.807, 2.05) is 12.1 Å². The molecule has 1 aromatic heterocycles. The van der Waals surface area contributed by atoms with Gasteiger partial charge in [-0.25, -0.2) is 0 Å². The van der Waals surface area contributed by atoms with Gasteiger partial charge in [0, 0.05) is 19.0 Å². The van der Waals surface area contributed by atoms with E-state index in [0.717, 1.165) is 18.6 Å². The number of carboxylic acids is 1. The number of hydrogen-bond acceptors (Lipinski definition) is 4. The Morgan fingerprint density at radius 2 is 2.24 bits per heavy atom. The molecule has 0 aromatic carbocycles. The maximum absolute atomic E-state index is 10.9. The first-order valence-electron chi connectivity index (χ1n) is 7.69. The summed E-state index contributed by atoms with van der Waals surface area (Å²) in [6.45, 7) is 2.62. The molecule has 1 fully saturated rings. The lowest BCUT2D eigenvalue weighted by atomic mass is 9.78. The molecule has 0 spiro atoms. The lowest BCUT2D eigenvalue weighted by Gasteiger charge is -2.35. The highest BCUT2D eigenvalue weighted by Gasteiger charge is 2.35. The Morgan fingerprint density at radius 3 is 2.81 bits per heavy atom. The minimum atomic E-state index is -0.759. The van der Waals surface area contributed by atoms with Crippen molar-refractivity contribution in [3.8, 4) is 0 Å². The Balaban J connectivity index is 1.68. The fourth-order valence-corrected chi connectivity index (χ4v) is 2.86. The Hall–Kier alpha value is -1.33. The SMILES string of the molecule is CC(CCc1ccco1)NCC1(O)CCC(C(=O)O)CC1. The normalized spacial score (nSPS) is 27.4. The summed E-state index contributed by atoms with van der Waals surface area (Å²) in [6.07, 6.45) is 5.74. The van der Waals surface area contributed by atoms with Crippen molar-refractivity contribution in [2.24, 2.45) is 5.92 Å². The molecule has 0 amide bonds. The predicted octanol–water partition coefficient (Wildman–Crippen LogP) is 2.20. The van der Waals surface area contributed by atoms with E-state index in [0.29, 0.717) is 32.2 Å². The summed E-state index contributed by atoms with van der Waals surface area (Å²) >= 11 is 0. The third-order valence-electron chi connectivity index (χ3n) is 4.45. The molecule has 0 bridgehead atoms. The number of carboxylic acid groups (broad SMARTS) is 1. The molecule has 118 valence electrons. The second-order valence-electron chi connectivity index (χ2n) is 6.24. The zero-order valence-electron chi connectivity index (χ0n) is 12.5. The second kappa shape index (κ2) is 7.09. The number of carbonyl (C=O) groups is 1. The first kappa shape index (κ1) is 16.0.